The fourth-order valence-electron chi connectivity index (χ4n) is 2.00. The van der Waals surface area contributed by atoms with E-state index in [2.05, 4.69) is 20.9 Å². The van der Waals surface area contributed by atoms with E-state index in [-0.39, 0.29) is 55.0 Å². The van der Waals surface area contributed by atoms with Crippen molar-refractivity contribution in [3.05, 3.63) is 18.2 Å². The van der Waals surface area contributed by atoms with E-state index in [1.807, 2.05) is 13.8 Å². The summed E-state index contributed by atoms with van der Waals surface area (Å²) >= 11 is 1.31. The molecule has 0 fully saturated rings. The first kappa shape index (κ1) is 25.1. The molecule has 1 aromatic carbocycles. The van der Waals surface area contributed by atoms with Crippen LogP contribution in [0.3, 0.4) is 0 Å². The molecule has 0 bridgehead atoms. The molecule has 0 unspecified atom stereocenters. The number of rotatable bonds is 6. The van der Waals surface area contributed by atoms with Crippen LogP contribution in [0, 0.1) is 5.92 Å². The van der Waals surface area contributed by atoms with Crippen molar-refractivity contribution in [2.45, 2.75) is 26.8 Å². The van der Waals surface area contributed by atoms with Crippen LogP contribution >= 0.6 is 36.2 Å². The van der Waals surface area contributed by atoms with Gasteiger partial charge in [-0.05, 0) is 24.1 Å². The number of hydrogen-bond acceptors (Lipinski definition) is 6. The van der Waals surface area contributed by atoms with Crippen LogP contribution in [0.2, 0.25) is 0 Å². The number of nitrogens with one attached hydrogen (secondary N) is 3. The summed E-state index contributed by atoms with van der Waals surface area (Å²) in [6.07, 6.45) is 0. The topological polar surface area (TPSA) is 126 Å². The predicted octanol–water partition coefficient (Wildman–Crippen LogP) is 2.14. The highest BCUT2D eigenvalue weighted by Gasteiger charge is 2.17. The number of amides is 3. The van der Waals surface area contributed by atoms with Crippen molar-refractivity contribution in [3.8, 4) is 0 Å². The summed E-state index contributed by atoms with van der Waals surface area (Å²) < 4.78 is 0.826. The standard InChI is InChI=1S/C16H21N5O3S.2ClH/c1-8(2)14(17)15(24)18-7-13(23)20-10-4-5-11-12(6-10)25-16(21-11)19-9(3)22;;/h4-6,8,14H,7,17H2,1-3H3,(H,18,24)(H,20,23)(H,19,21,22);2*1H/t14-;;/m0../s1. The molecule has 150 valence electrons. The summed E-state index contributed by atoms with van der Waals surface area (Å²) in [6, 6.07) is 4.57. The molecule has 0 aliphatic carbocycles. The van der Waals surface area contributed by atoms with Gasteiger partial charge in [0.15, 0.2) is 5.13 Å². The Labute approximate surface area is 173 Å². The SMILES string of the molecule is CC(=O)Nc1nc2ccc(NC(=O)CNC(=O)[C@@H](N)C(C)C)cc2s1.Cl.Cl. The van der Waals surface area contributed by atoms with Crippen molar-refractivity contribution in [1.29, 1.82) is 0 Å². The van der Waals surface area contributed by atoms with E-state index in [0.717, 1.165) is 10.2 Å². The largest absolute Gasteiger partial charge is 0.346 e. The second kappa shape index (κ2) is 11.0. The molecule has 0 saturated carbocycles. The average molecular weight is 436 g/mol. The van der Waals surface area contributed by atoms with Crippen LogP contribution in [0.5, 0.6) is 0 Å². The Morgan fingerprint density at radius 3 is 2.44 bits per heavy atom. The Morgan fingerprint density at radius 1 is 1.19 bits per heavy atom. The highest BCUT2D eigenvalue weighted by Crippen LogP contribution is 2.28. The molecule has 27 heavy (non-hydrogen) atoms. The molecular formula is C16H23Cl2N5O3S. The molecule has 0 aliphatic heterocycles. The van der Waals surface area contributed by atoms with Crippen LogP contribution in [-0.4, -0.2) is 35.3 Å². The number of nitrogens with zero attached hydrogens (tertiary/aromatic N) is 1. The normalized spacial score (nSPS) is 11.1. The van der Waals surface area contributed by atoms with Crippen molar-refractivity contribution in [1.82, 2.24) is 10.3 Å². The molecule has 3 amide bonds. The third-order valence-corrected chi connectivity index (χ3v) is 4.33. The lowest BCUT2D eigenvalue weighted by Crippen LogP contribution is -2.46. The van der Waals surface area contributed by atoms with Gasteiger partial charge in [-0.25, -0.2) is 4.98 Å². The molecule has 2 rings (SSSR count). The Bertz CT molecular complexity index is 812. The number of anilines is 2. The quantitative estimate of drug-likeness (QED) is 0.552. The maximum Gasteiger partial charge on any atom is 0.243 e. The molecule has 8 nitrogen and oxygen atoms in total. The van der Waals surface area contributed by atoms with Crippen LogP contribution in [0.15, 0.2) is 18.2 Å². The predicted molar refractivity (Wildman–Crippen MR) is 113 cm³/mol. The minimum atomic E-state index is -0.645. The molecule has 0 aliphatic rings. The van der Waals surface area contributed by atoms with E-state index in [1.165, 1.54) is 18.3 Å². The second-order valence-electron chi connectivity index (χ2n) is 5.92. The third-order valence-electron chi connectivity index (χ3n) is 3.40. The van der Waals surface area contributed by atoms with E-state index in [4.69, 9.17) is 5.73 Å². The minimum absolute atomic E-state index is 0. The lowest BCUT2D eigenvalue weighted by Gasteiger charge is -2.15. The van der Waals surface area contributed by atoms with Crippen molar-refractivity contribution in [3.63, 3.8) is 0 Å². The maximum atomic E-state index is 12.0. The summed E-state index contributed by atoms with van der Waals surface area (Å²) in [6.45, 7) is 4.93. The number of nitrogens with two attached hydrogens (primary N) is 1. The summed E-state index contributed by atoms with van der Waals surface area (Å²) in [5.41, 5.74) is 7.02. The number of halogens is 2. The van der Waals surface area contributed by atoms with Gasteiger partial charge in [-0.3, -0.25) is 14.4 Å². The number of aromatic nitrogens is 1. The van der Waals surface area contributed by atoms with Crippen LogP contribution < -0.4 is 21.7 Å². The molecule has 0 spiro atoms. The van der Waals surface area contributed by atoms with Gasteiger partial charge < -0.3 is 21.7 Å². The molecule has 0 saturated heterocycles. The molecule has 1 heterocycles. The molecule has 1 aromatic heterocycles. The van der Waals surface area contributed by atoms with E-state index in [1.54, 1.807) is 18.2 Å². The zero-order chi connectivity index (χ0) is 18.6. The third kappa shape index (κ3) is 7.30. The Morgan fingerprint density at radius 2 is 1.85 bits per heavy atom. The first-order valence-electron chi connectivity index (χ1n) is 7.77. The van der Waals surface area contributed by atoms with E-state index in [9.17, 15) is 14.4 Å². The fraction of sp³-hybridized carbons (Fsp3) is 0.375. The highest BCUT2D eigenvalue weighted by atomic mass is 35.5. The fourth-order valence-corrected chi connectivity index (χ4v) is 2.95. The van der Waals surface area contributed by atoms with Crippen LogP contribution in [0.4, 0.5) is 10.8 Å². The smallest absolute Gasteiger partial charge is 0.243 e. The molecule has 11 heteroatoms. The molecule has 5 N–H and O–H groups in total. The van der Waals surface area contributed by atoms with Gasteiger partial charge in [0.1, 0.15) is 0 Å². The first-order valence-corrected chi connectivity index (χ1v) is 8.59. The summed E-state index contributed by atoms with van der Waals surface area (Å²) in [7, 11) is 0. The number of carbonyl (C=O) groups is 3. The number of carbonyl (C=O) groups excluding carboxylic acids is 3. The Balaban J connectivity index is 0.00000338. The number of fused-ring (bicyclic) bond motifs is 1. The van der Waals surface area contributed by atoms with Gasteiger partial charge in [-0.1, -0.05) is 25.2 Å². The number of hydrogen-bond donors (Lipinski definition) is 4. The van der Waals surface area contributed by atoms with Gasteiger partial charge in [0.05, 0.1) is 22.8 Å². The average Bonchev–Trinajstić information content (AvgIpc) is 2.92. The Hall–Kier alpha value is -1.94. The van der Waals surface area contributed by atoms with Crippen LogP contribution in [0.1, 0.15) is 20.8 Å². The zero-order valence-electron chi connectivity index (χ0n) is 15.1. The first-order chi connectivity index (χ1) is 11.8. The van der Waals surface area contributed by atoms with E-state index >= 15 is 0 Å². The van der Waals surface area contributed by atoms with E-state index in [0.29, 0.717) is 10.8 Å². The van der Waals surface area contributed by atoms with Crippen molar-refractivity contribution in [2.75, 3.05) is 17.2 Å². The Kier molecular flexibility index (Phi) is 10.2. The van der Waals surface area contributed by atoms with Gasteiger partial charge in [0.25, 0.3) is 0 Å². The molecule has 0 radical (unpaired) electrons. The van der Waals surface area contributed by atoms with Gasteiger partial charge in [0, 0.05) is 12.6 Å². The minimum Gasteiger partial charge on any atom is -0.346 e. The molecular weight excluding hydrogens is 413 g/mol. The van der Waals surface area contributed by atoms with Gasteiger partial charge in [-0.15, -0.1) is 24.8 Å². The lowest BCUT2D eigenvalue weighted by atomic mass is 10.1. The molecule has 1 atom stereocenters. The summed E-state index contributed by atoms with van der Waals surface area (Å²) in [5, 5.41) is 8.35. The number of benzene rings is 1. The van der Waals surface area contributed by atoms with Gasteiger partial charge >= 0.3 is 0 Å². The maximum absolute atomic E-state index is 12.0. The number of thiazole rings is 1. The summed E-state index contributed by atoms with van der Waals surface area (Å²) in [4.78, 5) is 39.1. The van der Waals surface area contributed by atoms with Crippen LogP contribution in [0.25, 0.3) is 10.2 Å². The van der Waals surface area contributed by atoms with Gasteiger partial charge in [-0.2, -0.15) is 0 Å². The van der Waals surface area contributed by atoms with E-state index < -0.39 is 6.04 Å². The van der Waals surface area contributed by atoms with Crippen LogP contribution in [-0.2, 0) is 14.4 Å². The van der Waals surface area contributed by atoms with Crippen molar-refractivity contribution >= 4 is 74.9 Å². The second-order valence-corrected chi connectivity index (χ2v) is 6.95. The zero-order valence-corrected chi connectivity index (χ0v) is 17.5. The van der Waals surface area contributed by atoms with Crippen molar-refractivity contribution < 1.29 is 14.4 Å². The molecule has 2 aromatic rings. The van der Waals surface area contributed by atoms with Gasteiger partial charge in [0.2, 0.25) is 17.7 Å². The monoisotopic (exact) mass is 435 g/mol. The lowest BCUT2D eigenvalue weighted by molar-refractivity contribution is -0.125. The van der Waals surface area contributed by atoms with Crippen molar-refractivity contribution in [2.24, 2.45) is 11.7 Å². The highest BCUT2D eigenvalue weighted by molar-refractivity contribution is 7.22. The summed E-state index contributed by atoms with van der Waals surface area (Å²) in [5.74, 6) is -0.907.